The Labute approximate surface area is 130 Å². The Morgan fingerprint density at radius 1 is 0.737 bits per heavy atom. The molecule has 1 fully saturated rings. The lowest BCUT2D eigenvalue weighted by atomic mass is 10.1. The molecule has 1 aliphatic heterocycles. The SMILES string of the molecule is C[N+]1(CCCCCCCCCCO)CCCCC1.[Br-]. The van der Waals surface area contributed by atoms with Gasteiger partial charge < -0.3 is 26.6 Å². The molecule has 2 nitrogen and oxygen atoms in total. The molecule has 0 unspecified atom stereocenters. The molecule has 0 spiro atoms. The Bertz CT molecular complexity index is 193. The first-order valence-electron chi connectivity index (χ1n) is 8.21. The number of piperidine rings is 1. The third kappa shape index (κ3) is 9.86. The first-order valence-corrected chi connectivity index (χ1v) is 8.21. The van der Waals surface area contributed by atoms with E-state index in [2.05, 4.69) is 7.05 Å². The van der Waals surface area contributed by atoms with Gasteiger partial charge in [-0.1, -0.05) is 32.1 Å². The Hall–Kier alpha value is 0.400. The maximum atomic E-state index is 8.69. The molecular weight excluding hydrogens is 302 g/mol. The van der Waals surface area contributed by atoms with Crippen molar-refractivity contribution in [2.75, 3.05) is 33.3 Å². The summed E-state index contributed by atoms with van der Waals surface area (Å²) in [6, 6.07) is 0. The third-order valence-electron chi connectivity index (χ3n) is 4.50. The second kappa shape index (κ2) is 12.2. The van der Waals surface area contributed by atoms with Gasteiger partial charge in [-0.3, -0.25) is 0 Å². The number of hydrogen-bond donors (Lipinski definition) is 1. The summed E-state index contributed by atoms with van der Waals surface area (Å²) < 4.78 is 1.34. The molecule has 0 saturated carbocycles. The molecule has 1 N–H and O–H groups in total. The van der Waals surface area contributed by atoms with Crippen molar-refractivity contribution < 1.29 is 26.6 Å². The number of hydrogen-bond acceptors (Lipinski definition) is 1. The molecule has 0 aromatic rings. The van der Waals surface area contributed by atoms with Crippen LogP contribution in [-0.4, -0.2) is 42.9 Å². The Morgan fingerprint density at radius 2 is 1.21 bits per heavy atom. The van der Waals surface area contributed by atoms with Crippen molar-refractivity contribution in [3.63, 3.8) is 0 Å². The topological polar surface area (TPSA) is 20.2 Å². The average Bonchev–Trinajstić information content (AvgIpc) is 2.38. The van der Waals surface area contributed by atoms with Crippen LogP contribution in [-0.2, 0) is 0 Å². The number of aliphatic hydroxyl groups excluding tert-OH is 1. The maximum absolute atomic E-state index is 8.69. The van der Waals surface area contributed by atoms with Crippen molar-refractivity contribution in [2.24, 2.45) is 0 Å². The fourth-order valence-corrected chi connectivity index (χ4v) is 3.17. The van der Waals surface area contributed by atoms with Crippen LogP contribution < -0.4 is 17.0 Å². The van der Waals surface area contributed by atoms with Gasteiger partial charge in [0.05, 0.1) is 26.7 Å². The number of quaternary nitrogens is 1. The van der Waals surface area contributed by atoms with E-state index in [0.717, 1.165) is 6.42 Å². The zero-order valence-electron chi connectivity index (χ0n) is 12.9. The fraction of sp³-hybridized carbons (Fsp3) is 1.00. The van der Waals surface area contributed by atoms with Gasteiger partial charge in [0.1, 0.15) is 0 Å². The van der Waals surface area contributed by atoms with Gasteiger partial charge in [0.15, 0.2) is 0 Å². The van der Waals surface area contributed by atoms with Gasteiger partial charge >= 0.3 is 0 Å². The Kier molecular flexibility index (Phi) is 12.4. The normalized spacial score (nSPS) is 18.0. The highest BCUT2D eigenvalue weighted by Gasteiger charge is 2.23. The molecule has 116 valence electrons. The number of likely N-dealkylation sites (tertiary alicyclic amines) is 1. The van der Waals surface area contributed by atoms with Gasteiger partial charge in [-0.25, -0.2) is 0 Å². The van der Waals surface area contributed by atoms with E-state index < -0.39 is 0 Å². The van der Waals surface area contributed by atoms with E-state index in [1.165, 1.54) is 88.3 Å². The second-order valence-electron chi connectivity index (χ2n) is 6.40. The van der Waals surface area contributed by atoms with Crippen molar-refractivity contribution in [1.29, 1.82) is 0 Å². The lowest BCUT2D eigenvalue weighted by Crippen LogP contribution is -3.00. The van der Waals surface area contributed by atoms with E-state index in [-0.39, 0.29) is 17.0 Å². The highest BCUT2D eigenvalue weighted by atomic mass is 79.9. The van der Waals surface area contributed by atoms with Crippen molar-refractivity contribution in [3.8, 4) is 0 Å². The summed E-state index contributed by atoms with van der Waals surface area (Å²) in [6.07, 6.45) is 14.9. The smallest absolute Gasteiger partial charge is 0.0784 e. The van der Waals surface area contributed by atoms with Crippen LogP contribution in [0, 0.1) is 0 Å². The number of unbranched alkanes of at least 4 members (excludes halogenated alkanes) is 7. The molecule has 3 heteroatoms. The highest BCUT2D eigenvalue weighted by molar-refractivity contribution is 4.53. The van der Waals surface area contributed by atoms with Crippen LogP contribution in [0.4, 0.5) is 0 Å². The molecule has 0 atom stereocenters. The van der Waals surface area contributed by atoms with Crippen LogP contribution in [0.25, 0.3) is 0 Å². The zero-order chi connectivity index (χ0) is 13.1. The summed E-state index contributed by atoms with van der Waals surface area (Å²) >= 11 is 0. The molecule has 1 saturated heterocycles. The fourth-order valence-electron chi connectivity index (χ4n) is 3.17. The first kappa shape index (κ1) is 19.4. The van der Waals surface area contributed by atoms with Crippen molar-refractivity contribution in [3.05, 3.63) is 0 Å². The van der Waals surface area contributed by atoms with Crippen LogP contribution >= 0.6 is 0 Å². The van der Waals surface area contributed by atoms with Gasteiger partial charge in [-0.15, -0.1) is 0 Å². The van der Waals surface area contributed by atoms with Crippen molar-refractivity contribution in [1.82, 2.24) is 0 Å². The first-order chi connectivity index (χ1) is 8.77. The van der Waals surface area contributed by atoms with Gasteiger partial charge in [0, 0.05) is 6.61 Å². The van der Waals surface area contributed by atoms with Gasteiger partial charge in [-0.05, 0) is 38.5 Å². The highest BCUT2D eigenvalue weighted by Crippen LogP contribution is 2.18. The molecule has 1 heterocycles. The lowest BCUT2D eigenvalue weighted by molar-refractivity contribution is -0.914. The van der Waals surface area contributed by atoms with Gasteiger partial charge in [0.2, 0.25) is 0 Å². The molecule has 19 heavy (non-hydrogen) atoms. The number of halogens is 1. The summed E-state index contributed by atoms with van der Waals surface area (Å²) in [5.41, 5.74) is 0. The maximum Gasteiger partial charge on any atom is 0.0784 e. The molecular formula is C16H34BrNO. The van der Waals surface area contributed by atoms with E-state index in [1.54, 1.807) is 0 Å². The van der Waals surface area contributed by atoms with E-state index in [0.29, 0.717) is 6.61 Å². The minimum absolute atomic E-state index is 0. The molecule has 0 aromatic carbocycles. The average molecular weight is 336 g/mol. The van der Waals surface area contributed by atoms with Crippen molar-refractivity contribution in [2.45, 2.75) is 70.6 Å². The Morgan fingerprint density at radius 3 is 1.74 bits per heavy atom. The van der Waals surface area contributed by atoms with Gasteiger partial charge in [0.25, 0.3) is 0 Å². The number of nitrogens with zero attached hydrogens (tertiary/aromatic N) is 1. The molecule has 0 aliphatic carbocycles. The monoisotopic (exact) mass is 335 g/mol. The van der Waals surface area contributed by atoms with Crippen LogP contribution in [0.15, 0.2) is 0 Å². The molecule has 0 radical (unpaired) electrons. The predicted molar refractivity (Wildman–Crippen MR) is 78.7 cm³/mol. The van der Waals surface area contributed by atoms with E-state index in [9.17, 15) is 0 Å². The minimum Gasteiger partial charge on any atom is -1.00 e. The van der Waals surface area contributed by atoms with E-state index in [4.69, 9.17) is 5.11 Å². The van der Waals surface area contributed by atoms with Crippen LogP contribution in [0.1, 0.15) is 70.6 Å². The number of rotatable bonds is 10. The number of aliphatic hydroxyl groups is 1. The molecule has 0 aromatic heterocycles. The predicted octanol–water partition coefficient (Wildman–Crippen LogP) is 0.734. The summed E-state index contributed by atoms with van der Waals surface area (Å²) in [4.78, 5) is 0. The van der Waals surface area contributed by atoms with Crippen LogP contribution in [0.5, 0.6) is 0 Å². The van der Waals surface area contributed by atoms with Crippen LogP contribution in [0.3, 0.4) is 0 Å². The van der Waals surface area contributed by atoms with Crippen LogP contribution in [0.2, 0.25) is 0 Å². The summed E-state index contributed by atoms with van der Waals surface area (Å²) in [5, 5.41) is 8.69. The largest absolute Gasteiger partial charge is 1.00 e. The molecule has 0 bridgehead atoms. The third-order valence-corrected chi connectivity index (χ3v) is 4.50. The summed E-state index contributed by atoms with van der Waals surface area (Å²) in [7, 11) is 2.45. The van der Waals surface area contributed by atoms with E-state index in [1.807, 2.05) is 0 Å². The van der Waals surface area contributed by atoms with E-state index >= 15 is 0 Å². The molecule has 1 aliphatic rings. The lowest BCUT2D eigenvalue weighted by Gasteiger charge is -2.37. The minimum atomic E-state index is 0. The Balaban J connectivity index is 0.00000324. The molecule has 1 rings (SSSR count). The quantitative estimate of drug-likeness (QED) is 0.461. The summed E-state index contributed by atoms with van der Waals surface area (Å²) in [5.74, 6) is 0. The van der Waals surface area contributed by atoms with Gasteiger partial charge in [-0.2, -0.15) is 0 Å². The zero-order valence-corrected chi connectivity index (χ0v) is 14.5. The standard InChI is InChI=1S/C16H34NO.BrH/c1-17(14-10-8-11-15-17)13-9-6-4-2-3-5-7-12-16-18;/h18H,2-16H2,1H3;1H/q+1;/p-1. The summed E-state index contributed by atoms with van der Waals surface area (Å²) in [6.45, 7) is 4.61. The molecule has 0 amide bonds. The van der Waals surface area contributed by atoms with Crippen molar-refractivity contribution >= 4 is 0 Å². The second-order valence-corrected chi connectivity index (χ2v) is 6.40.